The standard InChI is InChI=1S/C21H26N4O3/c1-13(2)14-5-7-16(8-6-14)21(4)18(27)25(19(28)24-21)11-17(26)23-20(3,12-22)15-9-10-15/h5-8,13,15H,9-11H2,1-4H3,(H,23,26)(H,24,28). The van der Waals surface area contributed by atoms with Gasteiger partial charge in [-0.2, -0.15) is 5.26 Å². The van der Waals surface area contributed by atoms with Gasteiger partial charge in [-0.05, 0) is 49.7 Å². The quantitative estimate of drug-likeness (QED) is 0.738. The average Bonchev–Trinajstić information content (AvgIpc) is 3.48. The smallest absolute Gasteiger partial charge is 0.325 e. The van der Waals surface area contributed by atoms with Gasteiger partial charge in [-0.25, -0.2) is 4.79 Å². The first-order chi connectivity index (χ1) is 13.1. The summed E-state index contributed by atoms with van der Waals surface area (Å²) in [6, 6.07) is 9.07. The van der Waals surface area contributed by atoms with Crippen molar-refractivity contribution in [3.05, 3.63) is 35.4 Å². The zero-order valence-electron chi connectivity index (χ0n) is 16.7. The molecule has 3 rings (SSSR count). The maximum atomic E-state index is 13.0. The first-order valence-electron chi connectivity index (χ1n) is 9.57. The van der Waals surface area contributed by atoms with E-state index in [4.69, 9.17) is 0 Å². The number of amides is 4. The minimum atomic E-state index is -1.22. The van der Waals surface area contributed by atoms with Crippen molar-refractivity contribution in [1.29, 1.82) is 5.26 Å². The second-order valence-corrected chi connectivity index (χ2v) is 8.36. The Morgan fingerprint density at radius 2 is 1.96 bits per heavy atom. The lowest BCUT2D eigenvalue weighted by atomic mass is 9.90. The third-order valence-electron chi connectivity index (χ3n) is 5.76. The van der Waals surface area contributed by atoms with Crippen molar-refractivity contribution in [1.82, 2.24) is 15.5 Å². The van der Waals surface area contributed by atoms with Crippen LogP contribution < -0.4 is 10.6 Å². The molecule has 1 heterocycles. The van der Waals surface area contributed by atoms with Gasteiger partial charge in [0.25, 0.3) is 5.91 Å². The summed E-state index contributed by atoms with van der Waals surface area (Å²) in [7, 11) is 0. The van der Waals surface area contributed by atoms with Gasteiger partial charge in [0.1, 0.15) is 17.6 Å². The van der Waals surface area contributed by atoms with E-state index in [0.29, 0.717) is 11.5 Å². The Kier molecular flexibility index (Phi) is 4.92. The third kappa shape index (κ3) is 3.47. The molecule has 1 saturated carbocycles. The van der Waals surface area contributed by atoms with E-state index in [1.807, 2.05) is 24.3 Å². The molecule has 1 saturated heterocycles. The van der Waals surface area contributed by atoms with Crippen LogP contribution in [0.4, 0.5) is 4.79 Å². The lowest BCUT2D eigenvalue weighted by Crippen LogP contribution is -2.51. The number of hydrogen-bond donors (Lipinski definition) is 2. The topological polar surface area (TPSA) is 102 Å². The Labute approximate surface area is 165 Å². The molecule has 0 spiro atoms. The summed E-state index contributed by atoms with van der Waals surface area (Å²) in [5.41, 5.74) is -0.386. The molecule has 4 amide bonds. The van der Waals surface area contributed by atoms with Gasteiger partial charge in [0.05, 0.1) is 6.07 Å². The van der Waals surface area contributed by atoms with Crippen LogP contribution in [0, 0.1) is 17.2 Å². The predicted molar refractivity (Wildman–Crippen MR) is 103 cm³/mol. The number of imide groups is 1. The average molecular weight is 382 g/mol. The molecule has 2 aliphatic rings. The van der Waals surface area contributed by atoms with E-state index in [1.54, 1.807) is 13.8 Å². The zero-order chi connectivity index (χ0) is 20.7. The lowest BCUT2D eigenvalue weighted by molar-refractivity contribution is -0.135. The molecule has 2 unspecified atom stereocenters. The molecular formula is C21H26N4O3. The Bertz CT molecular complexity index is 853. The summed E-state index contributed by atoms with van der Waals surface area (Å²) < 4.78 is 0. The number of carbonyl (C=O) groups is 3. The summed E-state index contributed by atoms with van der Waals surface area (Å²) in [6.45, 7) is 7.06. The zero-order valence-corrected chi connectivity index (χ0v) is 16.7. The molecular weight excluding hydrogens is 356 g/mol. The summed E-state index contributed by atoms with van der Waals surface area (Å²) >= 11 is 0. The molecule has 28 heavy (non-hydrogen) atoms. The fraction of sp³-hybridized carbons (Fsp3) is 0.524. The van der Waals surface area contributed by atoms with E-state index in [9.17, 15) is 19.6 Å². The number of urea groups is 1. The number of hydrogen-bond acceptors (Lipinski definition) is 4. The monoisotopic (exact) mass is 382 g/mol. The maximum absolute atomic E-state index is 13.0. The molecule has 1 aliphatic heterocycles. The van der Waals surface area contributed by atoms with Crippen molar-refractivity contribution in [2.45, 2.75) is 57.5 Å². The van der Waals surface area contributed by atoms with Crippen molar-refractivity contribution in [2.24, 2.45) is 5.92 Å². The van der Waals surface area contributed by atoms with Gasteiger partial charge in [-0.3, -0.25) is 14.5 Å². The van der Waals surface area contributed by atoms with Gasteiger partial charge in [-0.1, -0.05) is 38.1 Å². The molecule has 1 aromatic rings. The van der Waals surface area contributed by atoms with Gasteiger partial charge in [0.15, 0.2) is 0 Å². The van der Waals surface area contributed by atoms with E-state index in [1.165, 1.54) is 0 Å². The number of nitrogens with zero attached hydrogens (tertiary/aromatic N) is 2. The minimum absolute atomic E-state index is 0.120. The van der Waals surface area contributed by atoms with Crippen molar-refractivity contribution < 1.29 is 14.4 Å². The number of benzene rings is 1. The molecule has 2 N–H and O–H groups in total. The summed E-state index contributed by atoms with van der Waals surface area (Å²) in [5.74, 6) is -0.514. The van der Waals surface area contributed by atoms with Crippen molar-refractivity contribution >= 4 is 17.8 Å². The largest absolute Gasteiger partial charge is 0.336 e. The first-order valence-corrected chi connectivity index (χ1v) is 9.57. The third-order valence-corrected chi connectivity index (χ3v) is 5.76. The number of nitrogens with one attached hydrogen (secondary N) is 2. The second kappa shape index (κ2) is 6.93. The number of carbonyl (C=O) groups excluding carboxylic acids is 3. The normalized spacial score (nSPS) is 23.9. The molecule has 0 radical (unpaired) electrons. The summed E-state index contributed by atoms with van der Waals surface area (Å²) in [6.07, 6.45) is 1.77. The summed E-state index contributed by atoms with van der Waals surface area (Å²) in [5, 5.41) is 14.8. The van der Waals surface area contributed by atoms with Gasteiger partial charge in [0, 0.05) is 0 Å². The van der Waals surface area contributed by atoms with Crippen LogP contribution in [0.3, 0.4) is 0 Å². The van der Waals surface area contributed by atoms with Gasteiger partial charge in [-0.15, -0.1) is 0 Å². The van der Waals surface area contributed by atoms with Crippen LogP contribution in [0.2, 0.25) is 0 Å². The fourth-order valence-electron chi connectivity index (χ4n) is 3.59. The predicted octanol–water partition coefficient (Wildman–Crippen LogP) is 2.39. The van der Waals surface area contributed by atoms with E-state index < -0.39 is 35.5 Å². The van der Waals surface area contributed by atoms with Crippen LogP contribution in [0.15, 0.2) is 24.3 Å². The van der Waals surface area contributed by atoms with Crippen molar-refractivity contribution in [3.8, 4) is 6.07 Å². The van der Waals surface area contributed by atoms with Crippen LogP contribution in [0.25, 0.3) is 0 Å². The molecule has 0 bridgehead atoms. The molecule has 2 fully saturated rings. The second-order valence-electron chi connectivity index (χ2n) is 8.36. The van der Waals surface area contributed by atoms with Crippen LogP contribution in [0.5, 0.6) is 0 Å². The number of nitriles is 1. The highest BCUT2D eigenvalue weighted by molar-refractivity contribution is 6.09. The molecule has 1 aliphatic carbocycles. The maximum Gasteiger partial charge on any atom is 0.325 e. The van der Waals surface area contributed by atoms with Crippen LogP contribution in [0.1, 0.15) is 57.6 Å². The fourth-order valence-corrected chi connectivity index (χ4v) is 3.59. The molecule has 1 aromatic carbocycles. The van der Waals surface area contributed by atoms with Crippen molar-refractivity contribution in [2.75, 3.05) is 6.54 Å². The van der Waals surface area contributed by atoms with E-state index in [2.05, 4.69) is 30.6 Å². The van der Waals surface area contributed by atoms with Crippen LogP contribution in [-0.4, -0.2) is 34.8 Å². The first kappa shape index (κ1) is 19.9. The Hall–Kier alpha value is -2.88. The minimum Gasteiger partial charge on any atom is -0.336 e. The van der Waals surface area contributed by atoms with Crippen LogP contribution >= 0.6 is 0 Å². The Morgan fingerprint density at radius 1 is 1.36 bits per heavy atom. The van der Waals surface area contributed by atoms with Crippen LogP contribution in [-0.2, 0) is 15.1 Å². The molecule has 0 aromatic heterocycles. The van der Waals surface area contributed by atoms with Gasteiger partial charge < -0.3 is 10.6 Å². The Morgan fingerprint density at radius 3 is 2.46 bits per heavy atom. The number of rotatable bonds is 6. The van der Waals surface area contributed by atoms with E-state index in [-0.39, 0.29) is 5.92 Å². The highest BCUT2D eigenvalue weighted by Gasteiger charge is 2.50. The molecule has 7 heteroatoms. The van der Waals surface area contributed by atoms with Gasteiger partial charge in [0.2, 0.25) is 5.91 Å². The molecule has 148 valence electrons. The van der Waals surface area contributed by atoms with Crippen molar-refractivity contribution in [3.63, 3.8) is 0 Å². The Balaban J connectivity index is 1.74. The van der Waals surface area contributed by atoms with Gasteiger partial charge >= 0.3 is 6.03 Å². The SMILES string of the molecule is CC(C)c1ccc(C2(C)NC(=O)N(CC(=O)NC(C)(C#N)C3CC3)C2=O)cc1. The summed E-state index contributed by atoms with van der Waals surface area (Å²) in [4.78, 5) is 38.7. The highest BCUT2D eigenvalue weighted by Crippen LogP contribution is 2.39. The van der Waals surface area contributed by atoms with E-state index >= 15 is 0 Å². The highest BCUT2D eigenvalue weighted by atomic mass is 16.2. The molecule has 7 nitrogen and oxygen atoms in total. The lowest BCUT2D eigenvalue weighted by Gasteiger charge is -2.25. The molecule has 2 atom stereocenters. The van der Waals surface area contributed by atoms with E-state index in [0.717, 1.165) is 23.3 Å².